The van der Waals surface area contributed by atoms with Crippen LogP contribution in [0, 0.1) is 16.0 Å². The van der Waals surface area contributed by atoms with Crippen molar-refractivity contribution >= 4 is 36.4 Å². The van der Waals surface area contributed by atoms with Gasteiger partial charge in [-0.1, -0.05) is 91.0 Å². The number of hydrogen-bond acceptors (Lipinski definition) is 7. The molecule has 53 heavy (non-hydrogen) atoms. The van der Waals surface area contributed by atoms with Gasteiger partial charge in [0.1, 0.15) is 5.75 Å². The average molecular weight is 740 g/mol. The molecule has 0 radical (unpaired) electrons. The molecule has 0 aromatic heterocycles. The number of nitro benzene ring substituents is 1. The molecule has 3 aromatic rings. The predicted molar refractivity (Wildman–Crippen MR) is 211 cm³/mol. The summed E-state index contributed by atoms with van der Waals surface area (Å²) in [6.45, 7) is 13.2. The van der Waals surface area contributed by atoms with Gasteiger partial charge in [-0.25, -0.2) is 0 Å². The van der Waals surface area contributed by atoms with Crippen LogP contribution in [0.25, 0.3) is 0 Å². The topological polar surface area (TPSA) is 122 Å². The first-order valence-electron chi connectivity index (χ1n) is 18.4. The zero-order valence-corrected chi connectivity index (χ0v) is 33.0. The van der Waals surface area contributed by atoms with Crippen LogP contribution in [0.5, 0.6) is 5.75 Å². The molecule has 1 spiro atoms. The van der Waals surface area contributed by atoms with Gasteiger partial charge >= 0.3 is 0 Å². The predicted octanol–water partition coefficient (Wildman–Crippen LogP) is 7.27. The minimum atomic E-state index is -2.59. The van der Waals surface area contributed by atoms with Crippen molar-refractivity contribution in [3.8, 4) is 5.75 Å². The number of nitrogens with zero attached hydrogens (tertiary/aromatic N) is 3. The molecule has 1 N–H and O–H groups in total. The van der Waals surface area contributed by atoms with Crippen molar-refractivity contribution in [3.05, 3.63) is 117 Å². The van der Waals surface area contributed by atoms with Gasteiger partial charge in [-0.15, -0.1) is 0 Å². The van der Waals surface area contributed by atoms with E-state index in [1.54, 1.807) is 23.0 Å². The maximum absolute atomic E-state index is 15.1. The highest BCUT2D eigenvalue weighted by Crippen LogP contribution is 2.60. The first kappa shape index (κ1) is 39.6. The SMILES string of the molecule is COc1ccc([Si](C)(C)[C@@H]2[C@@H](CC(=O)N(CCO)Cc3ccccc3)O[C@]3(C(=O)N(C/C=C(\C)CCC=C(C)C)c4ccc([N+](=O)[O-])cc43)[C@H]2C)cc1. The Kier molecular flexibility index (Phi) is 12.4. The number of carbonyl (C=O) groups is 2. The number of aliphatic hydroxyl groups excluding tert-OH is 1. The molecule has 2 aliphatic rings. The molecule has 2 amide bonds. The van der Waals surface area contributed by atoms with E-state index in [1.807, 2.05) is 55.5 Å². The van der Waals surface area contributed by atoms with Crippen molar-refractivity contribution in [2.24, 2.45) is 5.92 Å². The molecule has 0 bridgehead atoms. The lowest BCUT2D eigenvalue weighted by Gasteiger charge is -2.37. The molecule has 3 aromatic carbocycles. The van der Waals surface area contributed by atoms with Gasteiger partial charge in [0.25, 0.3) is 11.6 Å². The van der Waals surface area contributed by atoms with E-state index in [9.17, 15) is 20.0 Å². The Balaban J connectivity index is 1.59. The Bertz CT molecular complexity index is 1860. The fraction of sp³-hybridized carbons (Fsp3) is 0.429. The van der Waals surface area contributed by atoms with Crippen LogP contribution in [0.4, 0.5) is 11.4 Å². The second kappa shape index (κ2) is 16.6. The quantitative estimate of drug-likeness (QED) is 0.0753. The van der Waals surface area contributed by atoms with E-state index in [0.717, 1.165) is 34.9 Å². The summed E-state index contributed by atoms with van der Waals surface area (Å²) in [5, 5.41) is 23.2. The molecule has 4 atom stereocenters. The molecule has 5 rings (SSSR count). The van der Waals surface area contributed by atoms with E-state index in [2.05, 4.69) is 52.1 Å². The summed E-state index contributed by atoms with van der Waals surface area (Å²) in [5.41, 5.74) is 2.46. The van der Waals surface area contributed by atoms with Gasteiger partial charge in [0.15, 0.2) is 5.60 Å². The molecule has 1 saturated heterocycles. The van der Waals surface area contributed by atoms with Crippen LogP contribution in [0.15, 0.2) is 96.1 Å². The highest BCUT2D eigenvalue weighted by Gasteiger charge is 2.66. The number of anilines is 1. The van der Waals surface area contributed by atoms with Crippen molar-refractivity contribution in [1.82, 2.24) is 4.90 Å². The molecule has 2 heterocycles. The Morgan fingerprint density at radius 3 is 2.40 bits per heavy atom. The molecule has 0 unspecified atom stereocenters. The van der Waals surface area contributed by atoms with E-state index in [1.165, 1.54) is 17.7 Å². The largest absolute Gasteiger partial charge is 0.497 e. The third-order valence-electron chi connectivity index (χ3n) is 11.1. The van der Waals surface area contributed by atoms with Crippen LogP contribution in [-0.4, -0.2) is 67.7 Å². The Morgan fingerprint density at radius 1 is 1.08 bits per heavy atom. The summed E-state index contributed by atoms with van der Waals surface area (Å²) in [6, 6.07) is 22.2. The minimum absolute atomic E-state index is 0.0168. The molecule has 0 aliphatic carbocycles. The maximum Gasteiger partial charge on any atom is 0.269 e. The van der Waals surface area contributed by atoms with E-state index < -0.39 is 30.6 Å². The monoisotopic (exact) mass is 739 g/mol. The number of fused-ring (bicyclic) bond motifs is 2. The number of non-ortho nitro benzene ring substituents is 1. The number of methoxy groups -OCH3 is 1. The molecular formula is C42H53N3O7Si. The summed E-state index contributed by atoms with van der Waals surface area (Å²) in [5.74, 6) is -0.182. The molecule has 282 valence electrons. The van der Waals surface area contributed by atoms with Crippen LogP contribution in [0.2, 0.25) is 18.6 Å². The highest BCUT2D eigenvalue weighted by atomic mass is 28.3. The van der Waals surface area contributed by atoms with Crippen LogP contribution < -0.4 is 14.8 Å². The molecule has 11 heteroatoms. The molecule has 10 nitrogen and oxygen atoms in total. The third-order valence-corrected chi connectivity index (χ3v) is 15.4. The first-order chi connectivity index (χ1) is 25.2. The zero-order valence-electron chi connectivity index (χ0n) is 32.0. The summed E-state index contributed by atoms with van der Waals surface area (Å²) in [7, 11) is -0.965. The smallest absolute Gasteiger partial charge is 0.269 e. The van der Waals surface area contributed by atoms with Crippen molar-refractivity contribution in [1.29, 1.82) is 0 Å². The van der Waals surface area contributed by atoms with Crippen molar-refractivity contribution in [2.45, 2.75) is 83.8 Å². The molecule has 0 saturated carbocycles. The Morgan fingerprint density at radius 2 is 1.77 bits per heavy atom. The molecule has 2 aliphatic heterocycles. The maximum atomic E-state index is 15.1. The Labute approximate surface area is 314 Å². The van der Waals surface area contributed by atoms with Gasteiger partial charge in [0.05, 0.1) is 44.9 Å². The number of carbonyl (C=O) groups excluding carboxylic acids is 2. The second-order valence-corrected chi connectivity index (χ2v) is 19.8. The average Bonchev–Trinajstić information content (AvgIpc) is 3.56. The number of rotatable bonds is 15. The number of benzene rings is 3. The fourth-order valence-electron chi connectivity index (χ4n) is 8.25. The summed E-state index contributed by atoms with van der Waals surface area (Å²) in [6.07, 6.45) is 5.27. The lowest BCUT2D eigenvalue weighted by atomic mass is 9.82. The van der Waals surface area contributed by atoms with Crippen LogP contribution in [0.1, 0.15) is 58.1 Å². The summed E-state index contributed by atoms with van der Waals surface area (Å²) < 4.78 is 12.5. The number of ether oxygens (including phenoxy) is 2. The fourth-order valence-corrected chi connectivity index (χ4v) is 12.3. The zero-order chi connectivity index (χ0) is 38.5. The number of amides is 2. The van der Waals surface area contributed by atoms with E-state index >= 15 is 4.79 Å². The number of hydrogen-bond donors (Lipinski definition) is 1. The minimum Gasteiger partial charge on any atom is -0.497 e. The van der Waals surface area contributed by atoms with Gasteiger partial charge in [0, 0.05) is 43.2 Å². The van der Waals surface area contributed by atoms with Crippen LogP contribution in [0.3, 0.4) is 0 Å². The number of nitro groups is 1. The van der Waals surface area contributed by atoms with Crippen LogP contribution in [-0.2, 0) is 26.5 Å². The number of allylic oxidation sites excluding steroid dienone is 3. The van der Waals surface area contributed by atoms with Crippen molar-refractivity contribution in [2.75, 3.05) is 31.7 Å². The number of aliphatic hydroxyl groups is 1. The lowest BCUT2D eigenvalue weighted by Crippen LogP contribution is -2.52. The molecule has 1 fully saturated rings. The molecular weight excluding hydrogens is 687 g/mol. The van der Waals surface area contributed by atoms with Crippen LogP contribution >= 0.6 is 0 Å². The van der Waals surface area contributed by atoms with Gasteiger partial charge < -0.3 is 24.4 Å². The van der Waals surface area contributed by atoms with E-state index in [-0.39, 0.29) is 49.2 Å². The van der Waals surface area contributed by atoms with Gasteiger partial charge in [0.2, 0.25) is 5.91 Å². The van der Waals surface area contributed by atoms with E-state index in [4.69, 9.17) is 9.47 Å². The standard InChI is InChI=1S/C42H53N3O7Si/c1-29(2)12-11-13-30(3)22-23-44-37-21-16-33(45(49)50)26-36(37)42(41(44)48)31(4)40(53(6,7)35-19-17-34(51-5)18-20-35)38(52-42)27-39(47)43(24-25-46)28-32-14-9-8-10-15-32/h8-10,12,14-22,26,31,38,40,46H,11,13,23-25,27-28H2,1-7H3/b30-22+/t31-,38+,40-,42+/m0/s1. The second-order valence-electron chi connectivity index (χ2n) is 15.1. The highest BCUT2D eigenvalue weighted by molar-refractivity contribution is 6.91. The van der Waals surface area contributed by atoms with Crippen molar-refractivity contribution < 1.29 is 29.1 Å². The first-order valence-corrected chi connectivity index (χ1v) is 21.5. The lowest BCUT2D eigenvalue weighted by molar-refractivity contribution is -0.385. The summed E-state index contributed by atoms with van der Waals surface area (Å²) in [4.78, 5) is 44.4. The third kappa shape index (κ3) is 8.17. The van der Waals surface area contributed by atoms with Gasteiger partial charge in [-0.3, -0.25) is 19.7 Å². The van der Waals surface area contributed by atoms with E-state index in [0.29, 0.717) is 17.8 Å². The van der Waals surface area contributed by atoms with Crippen molar-refractivity contribution in [3.63, 3.8) is 0 Å². The summed E-state index contributed by atoms with van der Waals surface area (Å²) >= 11 is 0. The van der Waals surface area contributed by atoms with Gasteiger partial charge in [-0.05, 0) is 62.9 Å². The van der Waals surface area contributed by atoms with Gasteiger partial charge in [-0.2, -0.15) is 0 Å². The normalized spacial score (nSPS) is 21.1. The Hall–Kier alpha value is -4.58.